The fourth-order valence-electron chi connectivity index (χ4n) is 3.48. The number of anilines is 2. The van der Waals surface area contributed by atoms with Gasteiger partial charge in [-0.1, -0.05) is 0 Å². The van der Waals surface area contributed by atoms with Crippen LogP contribution < -0.4 is 10.6 Å². The van der Waals surface area contributed by atoms with Gasteiger partial charge in [0.1, 0.15) is 11.6 Å². The van der Waals surface area contributed by atoms with Crippen LogP contribution in [0.2, 0.25) is 0 Å². The molecule has 0 aliphatic carbocycles. The molecule has 1 fully saturated rings. The molecule has 0 unspecified atom stereocenters. The Morgan fingerprint density at radius 2 is 1.84 bits per heavy atom. The molecule has 3 aromatic rings. The lowest BCUT2D eigenvalue weighted by Gasteiger charge is -2.31. The largest absolute Gasteiger partial charge is 0.324 e. The Balaban J connectivity index is 1.31. The van der Waals surface area contributed by atoms with Crippen LogP contribution in [-0.2, 0) is 4.79 Å². The molecule has 0 bridgehead atoms. The first kappa shape index (κ1) is 20.9. The Bertz CT molecular complexity index is 1060. The second-order valence-electron chi connectivity index (χ2n) is 7.38. The van der Waals surface area contributed by atoms with Crippen LogP contribution in [0, 0.1) is 5.82 Å². The fourth-order valence-corrected chi connectivity index (χ4v) is 4.48. The van der Waals surface area contributed by atoms with Crippen LogP contribution in [-0.4, -0.2) is 39.9 Å². The summed E-state index contributed by atoms with van der Waals surface area (Å²) in [5, 5.41) is 8.49. The predicted molar refractivity (Wildman–Crippen MR) is 119 cm³/mol. The summed E-state index contributed by atoms with van der Waals surface area (Å²) in [6.45, 7) is 2.69. The smallest absolute Gasteiger partial charge is 0.321 e. The van der Waals surface area contributed by atoms with Gasteiger partial charge < -0.3 is 15.5 Å². The molecule has 2 N–H and O–H groups in total. The maximum Gasteiger partial charge on any atom is 0.321 e. The van der Waals surface area contributed by atoms with Crippen molar-refractivity contribution < 1.29 is 14.0 Å². The normalized spacial score (nSPS) is 14.3. The molecule has 1 aliphatic heterocycles. The third kappa shape index (κ3) is 5.24. The summed E-state index contributed by atoms with van der Waals surface area (Å²) < 4.78 is 13.1. The van der Waals surface area contributed by atoms with Gasteiger partial charge in [-0.3, -0.25) is 4.79 Å². The van der Waals surface area contributed by atoms with Crippen LogP contribution in [0.4, 0.5) is 20.7 Å². The molecule has 9 heteroatoms. The summed E-state index contributed by atoms with van der Waals surface area (Å²) in [7, 11) is 0. The zero-order chi connectivity index (χ0) is 21.8. The van der Waals surface area contributed by atoms with Gasteiger partial charge in [-0.25, -0.2) is 19.2 Å². The Kier molecular flexibility index (Phi) is 6.22. The number of urea groups is 1. The number of nitrogens with one attached hydrogen (secondary N) is 2. The summed E-state index contributed by atoms with van der Waals surface area (Å²) in [5.74, 6) is 0.290. The van der Waals surface area contributed by atoms with Crippen molar-refractivity contribution in [1.29, 1.82) is 0 Å². The summed E-state index contributed by atoms with van der Waals surface area (Å²) in [6.07, 6.45) is 3.19. The molecule has 31 heavy (non-hydrogen) atoms. The predicted octanol–water partition coefficient (Wildman–Crippen LogP) is 4.71. The molecule has 3 amide bonds. The third-order valence-corrected chi connectivity index (χ3v) is 6.12. The molecule has 2 aromatic heterocycles. The van der Waals surface area contributed by atoms with Crippen LogP contribution in [0.25, 0.3) is 11.3 Å². The summed E-state index contributed by atoms with van der Waals surface area (Å²) in [5.41, 5.74) is 2.33. The van der Waals surface area contributed by atoms with Crippen LogP contribution >= 0.6 is 11.3 Å². The Morgan fingerprint density at radius 1 is 1.10 bits per heavy atom. The molecule has 4 rings (SSSR count). The van der Waals surface area contributed by atoms with E-state index in [4.69, 9.17) is 4.98 Å². The monoisotopic (exact) mass is 439 g/mol. The van der Waals surface area contributed by atoms with Gasteiger partial charge in [0.2, 0.25) is 5.91 Å². The van der Waals surface area contributed by atoms with Crippen molar-refractivity contribution in [1.82, 2.24) is 14.9 Å². The van der Waals surface area contributed by atoms with Crippen LogP contribution in [0.1, 0.15) is 30.7 Å². The molecular formula is C22H22FN5O2S. The number of pyridine rings is 1. The lowest BCUT2D eigenvalue weighted by Crippen LogP contribution is -2.40. The van der Waals surface area contributed by atoms with Crippen LogP contribution in [0.15, 0.2) is 48.0 Å². The highest BCUT2D eigenvalue weighted by atomic mass is 32.1. The third-order valence-electron chi connectivity index (χ3n) is 5.11. The second-order valence-corrected chi connectivity index (χ2v) is 8.27. The Hall–Kier alpha value is -3.33. The zero-order valence-corrected chi connectivity index (χ0v) is 17.8. The number of piperidine rings is 1. The van der Waals surface area contributed by atoms with Gasteiger partial charge in [0.15, 0.2) is 0 Å². The number of hydrogen-bond acceptors (Lipinski definition) is 5. The minimum Gasteiger partial charge on any atom is -0.324 e. The van der Waals surface area contributed by atoms with E-state index in [9.17, 15) is 14.0 Å². The summed E-state index contributed by atoms with van der Waals surface area (Å²) in [6, 6.07) is 9.53. The molecule has 1 saturated heterocycles. The number of amides is 3. The van der Waals surface area contributed by atoms with Crippen molar-refractivity contribution in [3.63, 3.8) is 0 Å². The van der Waals surface area contributed by atoms with E-state index in [0.717, 1.165) is 29.1 Å². The van der Waals surface area contributed by atoms with E-state index in [0.29, 0.717) is 30.5 Å². The van der Waals surface area contributed by atoms with E-state index < -0.39 is 0 Å². The van der Waals surface area contributed by atoms with E-state index >= 15 is 0 Å². The molecule has 0 radical (unpaired) electrons. The fraction of sp³-hybridized carbons (Fsp3) is 0.273. The number of aromatic nitrogens is 2. The number of carbonyl (C=O) groups is 2. The Labute approximate surface area is 183 Å². The minimum atomic E-state index is -0.260. The first-order valence-corrected chi connectivity index (χ1v) is 10.9. The molecular weight excluding hydrogens is 417 g/mol. The van der Waals surface area contributed by atoms with Crippen LogP contribution in [0.3, 0.4) is 0 Å². The highest BCUT2D eigenvalue weighted by Gasteiger charge is 2.26. The SMILES string of the molecule is CC(=O)Nc1ccc(NC(=O)N2CCC(c3nc(-c4ccc(F)cc4)cs3)CC2)cn1. The first-order chi connectivity index (χ1) is 15.0. The lowest BCUT2D eigenvalue weighted by atomic mass is 9.98. The molecule has 1 aliphatic rings. The zero-order valence-electron chi connectivity index (χ0n) is 17.0. The van der Waals surface area contributed by atoms with E-state index in [1.54, 1.807) is 40.5 Å². The highest BCUT2D eigenvalue weighted by Crippen LogP contribution is 2.33. The average Bonchev–Trinajstić information content (AvgIpc) is 3.26. The maximum atomic E-state index is 13.1. The van der Waals surface area contributed by atoms with Crippen molar-refractivity contribution in [3.8, 4) is 11.3 Å². The molecule has 0 atom stereocenters. The number of benzene rings is 1. The minimum absolute atomic E-state index is 0.168. The van der Waals surface area contributed by atoms with Gasteiger partial charge in [-0.05, 0) is 49.2 Å². The second kappa shape index (κ2) is 9.22. The number of nitrogens with zero attached hydrogens (tertiary/aromatic N) is 3. The number of likely N-dealkylation sites (tertiary alicyclic amines) is 1. The van der Waals surface area contributed by atoms with Crippen molar-refractivity contribution in [3.05, 3.63) is 58.8 Å². The van der Waals surface area contributed by atoms with Gasteiger partial charge in [-0.2, -0.15) is 0 Å². The van der Waals surface area contributed by atoms with Crippen molar-refractivity contribution in [2.24, 2.45) is 0 Å². The number of halogens is 1. The number of carbonyl (C=O) groups excluding carboxylic acids is 2. The number of thiazole rings is 1. The lowest BCUT2D eigenvalue weighted by molar-refractivity contribution is -0.114. The molecule has 7 nitrogen and oxygen atoms in total. The number of rotatable bonds is 4. The van der Waals surface area contributed by atoms with Gasteiger partial charge in [0, 0.05) is 36.9 Å². The molecule has 1 aromatic carbocycles. The van der Waals surface area contributed by atoms with E-state index in [-0.39, 0.29) is 17.8 Å². The quantitative estimate of drug-likeness (QED) is 0.616. The molecule has 0 spiro atoms. The van der Waals surface area contributed by atoms with E-state index in [2.05, 4.69) is 15.6 Å². The number of hydrogen-bond donors (Lipinski definition) is 2. The van der Waals surface area contributed by atoms with Gasteiger partial charge in [-0.15, -0.1) is 11.3 Å². The molecule has 0 saturated carbocycles. The maximum absolute atomic E-state index is 13.1. The Morgan fingerprint density at radius 3 is 2.48 bits per heavy atom. The van der Waals surface area contributed by atoms with E-state index in [1.165, 1.54) is 25.3 Å². The van der Waals surface area contributed by atoms with Crippen molar-refractivity contribution in [2.45, 2.75) is 25.7 Å². The first-order valence-electron chi connectivity index (χ1n) is 9.99. The summed E-state index contributed by atoms with van der Waals surface area (Å²) in [4.78, 5) is 34.2. The van der Waals surface area contributed by atoms with Gasteiger partial charge in [0.05, 0.1) is 22.6 Å². The van der Waals surface area contributed by atoms with Crippen molar-refractivity contribution in [2.75, 3.05) is 23.7 Å². The average molecular weight is 440 g/mol. The van der Waals surface area contributed by atoms with Crippen LogP contribution in [0.5, 0.6) is 0 Å². The molecule has 160 valence electrons. The molecule has 3 heterocycles. The summed E-state index contributed by atoms with van der Waals surface area (Å²) >= 11 is 1.61. The topological polar surface area (TPSA) is 87.2 Å². The van der Waals surface area contributed by atoms with Gasteiger partial charge >= 0.3 is 6.03 Å². The standard InChI is InChI=1S/C22H22FN5O2S/c1-14(29)25-20-7-6-18(12-24-20)26-22(30)28-10-8-16(9-11-28)21-27-19(13-31-21)15-2-4-17(23)5-3-15/h2-7,12-13,16H,8-11H2,1H3,(H,26,30)(H,24,25,29). The highest BCUT2D eigenvalue weighted by molar-refractivity contribution is 7.10. The van der Waals surface area contributed by atoms with E-state index in [1.807, 2.05) is 5.38 Å². The van der Waals surface area contributed by atoms with Gasteiger partial charge in [0.25, 0.3) is 0 Å². The van der Waals surface area contributed by atoms with Crippen molar-refractivity contribution >= 4 is 34.8 Å².